The second-order valence-electron chi connectivity index (χ2n) is 7.03. The summed E-state index contributed by atoms with van der Waals surface area (Å²) >= 11 is 0. The molecule has 1 heterocycles. The molecule has 1 aliphatic carbocycles. The molecule has 10 heteroatoms. The lowest BCUT2D eigenvalue weighted by atomic mass is 9.85. The zero-order valence-electron chi connectivity index (χ0n) is 15.3. The Bertz CT molecular complexity index is 837. The van der Waals surface area contributed by atoms with Crippen LogP contribution in [0, 0.1) is 16.0 Å². The Balaban J connectivity index is 1.67. The molecule has 2 atom stereocenters. The van der Waals surface area contributed by atoms with Crippen molar-refractivity contribution in [2.45, 2.75) is 38.6 Å². The van der Waals surface area contributed by atoms with Gasteiger partial charge in [0.1, 0.15) is 6.54 Å². The summed E-state index contributed by atoms with van der Waals surface area (Å²) in [4.78, 5) is 61.1. The molecule has 1 N–H and O–H groups in total. The lowest BCUT2D eigenvalue weighted by Crippen LogP contribution is -2.46. The molecule has 10 nitrogen and oxygen atoms in total. The van der Waals surface area contributed by atoms with Gasteiger partial charge in [-0.2, -0.15) is 0 Å². The van der Waals surface area contributed by atoms with Gasteiger partial charge in [-0.25, -0.2) is 9.69 Å². The Morgan fingerprint density at radius 1 is 1.14 bits per heavy atom. The maximum atomic E-state index is 12.6. The number of hydrogen-bond acceptors (Lipinski definition) is 6. The van der Waals surface area contributed by atoms with Gasteiger partial charge in [0.15, 0.2) is 0 Å². The van der Waals surface area contributed by atoms with Crippen LogP contribution in [0.3, 0.4) is 0 Å². The van der Waals surface area contributed by atoms with Gasteiger partial charge in [0.2, 0.25) is 5.91 Å². The number of amides is 5. The van der Waals surface area contributed by atoms with Crippen molar-refractivity contribution in [3.05, 3.63) is 34.4 Å². The lowest BCUT2D eigenvalue weighted by molar-refractivity contribution is -0.384. The number of carbonyl (C=O) groups is 4. The van der Waals surface area contributed by atoms with Crippen LogP contribution in [-0.2, 0) is 14.4 Å². The third-order valence-corrected chi connectivity index (χ3v) is 5.15. The van der Waals surface area contributed by atoms with E-state index in [2.05, 4.69) is 5.32 Å². The van der Waals surface area contributed by atoms with Gasteiger partial charge in [-0.05, 0) is 30.9 Å². The van der Waals surface area contributed by atoms with E-state index in [1.54, 1.807) is 0 Å². The van der Waals surface area contributed by atoms with Gasteiger partial charge in [-0.1, -0.05) is 19.8 Å². The van der Waals surface area contributed by atoms with E-state index in [0.29, 0.717) is 11.3 Å². The fraction of sp³-hybridized carbons (Fsp3) is 0.444. The zero-order valence-corrected chi connectivity index (χ0v) is 15.3. The van der Waals surface area contributed by atoms with Gasteiger partial charge in [-0.15, -0.1) is 0 Å². The highest BCUT2D eigenvalue weighted by molar-refractivity contribution is 6.45. The molecule has 0 bridgehead atoms. The molecule has 0 aromatic heterocycles. The Labute approximate surface area is 160 Å². The maximum absolute atomic E-state index is 12.6. The maximum Gasteiger partial charge on any atom is 0.334 e. The summed E-state index contributed by atoms with van der Waals surface area (Å²) in [6, 6.07) is 4.01. The van der Waals surface area contributed by atoms with Crippen LogP contribution in [0.1, 0.15) is 32.6 Å². The number of rotatable bonds is 5. The molecule has 5 amide bonds. The minimum Gasteiger partial charge on any atom is -0.325 e. The van der Waals surface area contributed by atoms with Gasteiger partial charge in [0.25, 0.3) is 5.69 Å². The number of benzene rings is 1. The number of nitro groups is 1. The molecular formula is C18H20N4O6. The predicted molar refractivity (Wildman–Crippen MR) is 97.1 cm³/mol. The van der Waals surface area contributed by atoms with Gasteiger partial charge < -0.3 is 5.32 Å². The van der Waals surface area contributed by atoms with Crippen LogP contribution in [0.15, 0.2) is 24.3 Å². The third kappa shape index (κ3) is 3.71. The van der Waals surface area contributed by atoms with Crippen LogP contribution in [0.2, 0.25) is 0 Å². The van der Waals surface area contributed by atoms with Crippen LogP contribution in [0.4, 0.5) is 16.2 Å². The zero-order chi connectivity index (χ0) is 20.4. The molecule has 148 valence electrons. The van der Waals surface area contributed by atoms with Crippen molar-refractivity contribution in [2.75, 3.05) is 11.9 Å². The van der Waals surface area contributed by atoms with Crippen molar-refractivity contribution < 1.29 is 24.1 Å². The molecule has 1 aliphatic heterocycles. The summed E-state index contributed by atoms with van der Waals surface area (Å²) in [5, 5.41) is 13.1. The van der Waals surface area contributed by atoms with Gasteiger partial charge >= 0.3 is 17.8 Å². The van der Waals surface area contributed by atoms with Crippen molar-refractivity contribution in [3.8, 4) is 0 Å². The largest absolute Gasteiger partial charge is 0.334 e. The van der Waals surface area contributed by atoms with E-state index in [1.807, 2.05) is 6.92 Å². The van der Waals surface area contributed by atoms with E-state index in [0.717, 1.165) is 24.2 Å². The quantitative estimate of drug-likeness (QED) is 0.355. The highest BCUT2D eigenvalue weighted by Gasteiger charge is 2.49. The van der Waals surface area contributed by atoms with Crippen molar-refractivity contribution in [1.82, 2.24) is 9.80 Å². The first-order valence-corrected chi connectivity index (χ1v) is 9.03. The number of non-ortho nitro benzene ring substituents is 1. The number of hydrogen-bond donors (Lipinski definition) is 1. The Morgan fingerprint density at radius 2 is 1.79 bits per heavy atom. The number of nitrogens with one attached hydrogen (secondary N) is 1. The molecule has 2 fully saturated rings. The molecule has 3 rings (SSSR count). The summed E-state index contributed by atoms with van der Waals surface area (Å²) in [6.07, 6.45) is 3.41. The summed E-state index contributed by atoms with van der Waals surface area (Å²) in [5.74, 6) is -2.49. The van der Waals surface area contributed by atoms with Gasteiger partial charge in [-0.3, -0.25) is 29.4 Å². The minimum atomic E-state index is -1.01. The highest BCUT2D eigenvalue weighted by atomic mass is 16.6. The first-order chi connectivity index (χ1) is 13.3. The monoisotopic (exact) mass is 388 g/mol. The molecular weight excluding hydrogens is 368 g/mol. The lowest BCUT2D eigenvalue weighted by Gasteiger charge is -2.34. The topological polar surface area (TPSA) is 130 Å². The first kappa shape index (κ1) is 19.5. The van der Waals surface area contributed by atoms with E-state index >= 15 is 0 Å². The molecule has 0 spiro atoms. The van der Waals surface area contributed by atoms with Gasteiger partial charge in [0, 0.05) is 23.9 Å². The average molecular weight is 388 g/mol. The fourth-order valence-corrected chi connectivity index (χ4v) is 3.65. The van der Waals surface area contributed by atoms with Crippen molar-refractivity contribution in [3.63, 3.8) is 0 Å². The third-order valence-electron chi connectivity index (χ3n) is 5.15. The molecule has 1 saturated carbocycles. The summed E-state index contributed by atoms with van der Waals surface area (Å²) in [6.45, 7) is 1.34. The summed E-state index contributed by atoms with van der Waals surface area (Å²) < 4.78 is 0. The minimum absolute atomic E-state index is 0.100. The van der Waals surface area contributed by atoms with E-state index in [4.69, 9.17) is 0 Å². The van der Waals surface area contributed by atoms with E-state index in [-0.39, 0.29) is 23.3 Å². The predicted octanol–water partition coefficient (Wildman–Crippen LogP) is 1.90. The van der Waals surface area contributed by atoms with Crippen LogP contribution >= 0.6 is 0 Å². The molecule has 2 aliphatic rings. The van der Waals surface area contributed by atoms with E-state index in [9.17, 15) is 29.3 Å². The number of anilines is 1. The van der Waals surface area contributed by atoms with Crippen LogP contribution in [0.25, 0.3) is 0 Å². The summed E-state index contributed by atoms with van der Waals surface area (Å²) in [7, 11) is 0. The first-order valence-electron chi connectivity index (χ1n) is 9.03. The van der Waals surface area contributed by atoms with Crippen molar-refractivity contribution in [1.29, 1.82) is 0 Å². The average Bonchev–Trinajstić information content (AvgIpc) is 2.86. The summed E-state index contributed by atoms with van der Waals surface area (Å²) in [5.41, 5.74) is 0.143. The number of nitrogens with zero attached hydrogens (tertiary/aromatic N) is 3. The highest BCUT2D eigenvalue weighted by Crippen LogP contribution is 2.31. The van der Waals surface area contributed by atoms with Crippen LogP contribution in [-0.4, -0.2) is 51.1 Å². The molecule has 1 saturated heterocycles. The Morgan fingerprint density at radius 3 is 2.39 bits per heavy atom. The Hall–Kier alpha value is -3.30. The molecule has 28 heavy (non-hydrogen) atoms. The van der Waals surface area contributed by atoms with E-state index in [1.165, 1.54) is 24.3 Å². The van der Waals surface area contributed by atoms with Crippen LogP contribution in [0.5, 0.6) is 0 Å². The second kappa shape index (κ2) is 7.75. The Kier molecular flexibility index (Phi) is 5.39. The SMILES string of the molecule is C[C@H]1CCCC[C@@H]1N1C(=O)C(=O)N(CC(=O)Nc2ccc([N+](=O)[O-])cc2)C1=O. The smallest absolute Gasteiger partial charge is 0.325 e. The molecule has 1 aromatic carbocycles. The normalized spacial score (nSPS) is 22.5. The van der Waals surface area contributed by atoms with Gasteiger partial charge in [0.05, 0.1) is 4.92 Å². The second-order valence-corrected chi connectivity index (χ2v) is 7.03. The number of imide groups is 2. The fourth-order valence-electron chi connectivity index (χ4n) is 3.65. The van der Waals surface area contributed by atoms with Crippen molar-refractivity contribution >= 4 is 35.1 Å². The number of nitro benzene ring substituents is 1. The standard InChI is InChI=1S/C18H20N4O6/c1-11-4-2-3-5-14(11)21-17(25)16(24)20(18(21)26)10-15(23)19-12-6-8-13(9-7-12)22(27)28/h6-9,11,14H,2-5,10H2,1H3,(H,19,23)/t11-,14-/m0/s1. The number of carbonyl (C=O) groups excluding carboxylic acids is 4. The molecule has 0 unspecified atom stereocenters. The molecule has 0 radical (unpaired) electrons. The van der Waals surface area contributed by atoms with Crippen molar-refractivity contribution in [2.24, 2.45) is 5.92 Å². The number of urea groups is 1. The molecule has 1 aromatic rings. The van der Waals surface area contributed by atoms with E-state index < -0.39 is 35.2 Å². The van der Waals surface area contributed by atoms with Crippen LogP contribution < -0.4 is 5.32 Å².